The van der Waals surface area contributed by atoms with Crippen molar-refractivity contribution in [3.8, 4) is 0 Å². The first kappa shape index (κ1) is 20.5. The third-order valence-electron chi connectivity index (χ3n) is 5.20. The van der Waals surface area contributed by atoms with Crippen LogP contribution in [-0.2, 0) is 15.8 Å². The zero-order valence-electron chi connectivity index (χ0n) is 14.9. The number of fused-ring (bicyclic) bond motifs is 1. The van der Waals surface area contributed by atoms with Gasteiger partial charge >= 0.3 is 174 Å². The van der Waals surface area contributed by atoms with Gasteiger partial charge in [0.05, 0.1) is 0 Å². The monoisotopic (exact) mass is 546 g/mol. The minimum absolute atomic E-state index is 0.0911. The van der Waals surface area contributed by atoms with Crippen LogP contribution in [0.5, 0.6) is 0 Å². The van der Waals surface area contributed by atoms with E-state index in [-0.39, 0.29) is 9.53 Å². The Bertz CT molecular complexity index is 902. The van der Waals surface area contributed by atoms with Gasteiger partial charge in [-0.15, -0.1) is 0 Å². The number of hydrogen-bond acceptors (Lipinski definition) is 1. The van der Waals surface area contributed by atoms with Gasteiger partial charge in [0.15, 0.2) is 0 Å². The van der Waals surface area contributed by atoms with Crippen molar-refractivity contribution >= 4 is 50.9 Å². The molecule has 0 bridgehead atoms. The SMILES string of the molecule is CC1=Cc2c(Br)cccc2[CH]1[Zr]([Cl])([Cl])([NH]C(=O)c1ccccc1)[SiH](C)C. The van der Waals surface area contributed by atoms with E-state index >= 15 is 0 Å². The number of halogens is 3. The normalized spacial score (nSPS) is 18.0. The molecule has 1 aliphatic carbocycles. The van der Waals surface area contributed by atoms with Crippen molar-refractivity contribution in [2.75, 3.05) is 0 Å². The molecular weight excluding hydrogens is 528 g/mol. The quantitative estimate of drug-likeness (QED) is 0.450. The van der Waals surface area contributed by atoms with Crippen LogP contribution in [0.15, 0.2) is 58.6 Å². The van der Waals surface area contributed by atoms with Crippen LogP contribution in [0.3, 0.4) is 0 Å². The summed E-state index contributed by atoms with van der Waals surface area (Å²) in [4.78, 5) is 13.0. The minimum atomic E-state index is -4.68. The van der Waals surface area contributed by atoms with Gasteiger partial charge in [0, 0.05) is 0 Å². The van der Waals surface area contributed by atoms with Crippen LogP contribution in [0.4, 0.5) is 0 Å². The molecule has 3 rings (SSSR count). The number of carbonyl (C=O) groups excluding carboxylic acids is 1. The Morgan fingerprint density at radius 2 is 1.77 bits per heavy atom. The summed E-state index contributed by atoms with van der Waals surface area (Å²) in [5, 5.41) is 0. The summed E-state index contributed by atoms with van der Waals surface area (Å²) in [7, 11) is 14.8. The van der Waals surface area contributed by atoms with Gasteiger partial charge in [-0.2, -0.15) is 0 Å². The Balaban J connectivity index is 2.10. The Hall–Kier alpha value is -0.190. The van der Waals surface area contributed by atoms with E-state index < -0.39 is 21.8 Å². The van der Waals surface area contributed by atoms with E-state index in [0.29, 0.717) is 5.56 Å². The molecule has 0 spiro atoms. The summed E-state index contributed by atoms with van der Waals surface area (Å²) in [5.41, 5.74) is 3.98. The van der Waals surface area contributed by atoms with E-state index in [2.05, 4.69) is 51.4 Å². The number of hydrogen-bond donors (Lipinski definition) is 1. The van der Waals surface area contributed by atoms with Crippen molar-refractivity contribution in [1.29, 1.82) is 0 Å². The van der Waals surface area contributed by atoms with E-state index in [4.69, 9.17) is 17.0 Å². The molecule has 0 fully saturated rings. The Kier molecular flexibility index (Phi) is 5.79. The zero-order chi connectivity index (χ0) is 19.1. The van der Waals surface area contributed by atoms with Crippen LogP contribution >= 0.6 is 33.0 Å². The molecule has 1 aliphatic rings. The molecule has 0 heterocycles. The molecule has 2 aromatic carbocycles. The third kappa shape index (κ3) is 3.46. The first-order valence-corrected chi connectivity index (χ1v) is 25.5. The second-order valence-electron chi connectivity index (χ2n) is 7.19. The van der Waals surface area contributed by atoms with Crippen molar-refractivity contribution in [2.24, 2.45) is 0 Å². The summed E-state index contributed by atoms with van der Waals surface area (Å²) in [6, 6.07) is 15.3. The molecule has 26 heavy (non-hydrogen) atoms. The molecule has 7 heteroatoms. The number of amides is 1. The van der Waals surface area contributed by atoms with Gasteiger partial charge in [-0.3, -0.25) is 0 Å². The maximum atomic E-state index is 13.0. The number of allylic oxidation sites excluding steroid dienone is 1. The van der Waals surface area contributed by atoms with Crippen LogP contribution in [0, 0.1) is 0 Å². The fourth-order valence-electron chi connectivity index (χ4n) is 3.64. The van der Waals surface area contributed by atoms with Crippen LogP contribution in [0.1, 0.15) is 32.0 Å². The molecule has 137 valence electrons. The zero-order valence-corrected chi connectivity index (χ0v) is 21.6. The number of benzene rings is 2. The summed E-state index contributed by atoms with van der Waals surface area (Å²) in [5.74, 6) is -1.78. The molecule has 2 nitrogen and oxygen atoms in total. The Labute approximate surface area is 172 Å². The Morgan fingerprint density at radius 1 is 1.12 bits per heavy atom. The molecule has 2 aromatic rings. The molecule has 1 unspecified atom stereocenters. The number of nitrogens with one attached hydrogen (secondary N) is 1. The van der Waals surface area contributed by atoms with Gasteiger partial charge in [0.2, 0.25) is 0 Å². The predicted molar refractivity (Wildman–Crippen MR) is 115 cm³/mol. The van der Waals surface area contributed by atoms with Crippen molar-refractivity contribution in [2.45, 2.75) is 23.6 Å². The van der Waals surface area contributed by atoms with Crippen molar-refractivity contribution in [1.82, 2.24) is 3.26 Å². The molecular formula is C19H21BrCl2NOSiZr. The molecule has 1 N–H and O–H groups in total. The van der Waals surface area contributed by atoms with Crippen LogP contribution in [0.2, 0.25) is 13.1 Å². The van der Waals surface area contributed by atoms with E-state index in [9.17, 15) is 4.79 Å². The van der Waals surface area contributed by atoms with Crippen LogP contribution < -0.4 is 3.26 Å². The summed E-state index contributed by atoms with van der Waals surface area (Å²) in [6.45, 7) is 6.38. The average molecular weight is 550 g/mol. The van der Waals surface area contributed by atoms with Crippen molar-refractivity contribution in [3.05, 3.63) is 75.3 Å². The average Bonchev–Trinajstić information content (AvgIpc) is 2.94. The van der Waals surface area contributed by atoms with Gasteiger partial charge in [-0.1, -0.05) is 0 Å². The maximum absolute atomic E-state index is 13.0. The fourth-order valence-corrected chi connectivity index (χ4v) is 26.0. The first-order valence-electron chi connectivity index (χ1n) is 8.56. The summed E-state index contributed by atoms with van der Waals surface area (Å²) in [6.07, 6.45) is 2.15. The molecule has 0 saturated heterocycles. The van der Waals surface area contributed by atoms with E-state index in [0.717, 1.165) is 21.2 Å². The second kappa shape index (κ2) is 7.33. The molecule has 0 saturated carbocycles. The molecule has 0 aliphatic heterocycles. The molecule has 1 amide bonds. The molecule has 0 aromatic heterocycles. The summed E-state index contributed by atoms with van der Waals surface area (Å²) >= 11 is -1.05. The van der Waals surface area contributed by atoms with Gasteiger partial charge in [0.25, 0.3) is 0 Å². The summed E-state index contributed by atoms with van der Waals surface area (Å²) < 4.78 is 4.16. The molecule has 1 atom stereocenters. The topological polar surface area (TPSA) is 29.1 Å². The standard InChI is InChI=1S/C10H8Br.C7H7NO.C2H7Si.2ClH.Zr/c1-7-5-8-3-2-4-10(11)9(8)6-7;8-7(9)6-4-2-1-3-5-6;1-3-2;;;/h2-6H,1H3;1-5H,(H2,8,9);3H,1-2H3;2*1H;/q;;;;;+3/p-3. The van der Waals surface area contributed by atoms with Gasteiger partial charge in [-0.25, -0.2) is 0 Å². The number of rotatable bonds is 4. The first-order chi connectivity index (χ1) is 12.1. The van der Waals surface area contributed by atoms with E-state index in [1.165, 1.54) is 0 Å². The van der Waals surface area contributed by atoms with Crippen LogP contribution in [0.25, 0.3) is 6.08 Å². The second-order valence-corrected chi connectivity index (χ2v) is 48.8. The van der Waals surface area contributed by atoms with E-state index in [1.807, 2.05) is 30.3 Å². The predicted octanol–water partition coefficient (Wildman–Crippen LogP) is 6.23. The third-order valence-corrected chi connectivity index (χ3v) is 51.9. The van der Waals surface area contributed by atoms with Gasteiger partial charge < -0.3 is 0 Å². The van der Waals surface area contributed by atoms with Crippen LogP contribution in [-0.4, -0.2) is 11.8 Å². The van der Waals surface area contributed by atoms with Crippen molar-refractivity contribution in [3.63, 3.8) is 0 Å². The van der Waals surface area contributed by atoms with Gasteiger partial charge in [-0.05, 0) is 0 Å². The molecule has 0 radical (unpaired) electrons. The van der Waals surface area contributed by atoms with Crippen molar-refractivity contribution < 1.29 is 20.6 Å². The fraction of sp³-hybridized carbons (Fsp3) is 0.211. The number of carbonyl (C=O) groups is 1. The Morgan fingerprint density at radius 3 is 2.38 bits per heavy atom. The van der Waals surface area contributed by atoms with Gasteiger partial charge in [0.1, 0.15) is 0 Å². The van der Waals surface area contributed by atoms with E-state index in [1.54, 1.807) is 12.1 Å².